The number of likely N-dealkylation sites (N-methyl/N-ethyl adjacent to an activating group) is 1. The van der Waals surface area contributed by atoms with Gasteiger partial charge in [-0.2, -0.15) is 0 Å². The number of piperidine rings is 1. The molecule has 1 aliphatic rings. The molecule has 0 bridgehead atoms. The van der Waals surface area contributed by atoms with Gasteiger partial charge in [-0.05, 0) is 47.6 Å². The summed E-state index contributed by atoms with van der Waals surface area (Å²) in [6.45, 7) is 10.9. The van der Waals surface area contributed by atoms with Crippen molar-refractivity contribution in [2.24, 2.45) is 0 Å². The number of hydrogen-bond donors (Lipinski definition) is 0. The van der Waals surface area contributed by atoms with E-state index in [1.807, 2.05) is 25.8 Å². The predicted octanol–water partition coefficient (Wildman–Crippen LogP) is 2.27. The Bertz CT molecular complexity index is 336. The predicted molar refractivity (Wildman–Crippen MR) is 86.6 cm³/mol. The van der Waals surface area contributed by atoms with E-state index in [-0.39, 0.29) is 17.7 Å². The highest BCUT2D eigenvalue weighted by atomic mass is 16.5. The van der Waals surface area contributed by atoms with Gasteiger partial charge < -0.3 is 19.4 Å². The SMILES string of the molecule is COC1(CN(C)C(C)C)CCN(C(=O)N(C)C(C)C)CC1. The molecular formula is C16H33N3O2. The second-order valence-electron chi connectivity index (χ2n) is 6.87. The van der Waals surface area contributed by atoms with Crippen LogP contribution in [0.1, 0.15) is 40.5 Å². The molecule has 1 fully saturated rings. The number of nitrogens with zero attached hydrogens (tertiary/aromatic N) is 3. The lowest BCUT2D eigenvalue weighted by Gasteiger charge is -2.44. The van der Waals surface area contributed by atoms with Crippen LogP contribution in [0.2, 0.25) is 0 Å². The van der Waals surface area contributed by atoms with Gasteiger partial charge in [-0.15, -0.1) is 0 Å². The van der Waals surface area contributed by atoms with Crippen LogP contribution in [0.4, 0.5) is 4.79 Å². The normalized spacial score (nSPS) is 18.7. The Morgan fingerprint density at radius 1 is 1.14 bits per heavy atom. The van der Waals surface area contributed by atoms with Gasteiger partial charge in [0.2, 0.25) is 0 Å². The smallest absolute Gasteiger partial charge is 0.319 e. The molecule has 5 heteroatoms. The zero-order valence-electron chi connectivity index (χ0n) is 14.8. The minimum absolute atomic E-state index is 0.119. The minimum Gasteiger partial charge on any atom is -0.377 e. The van der Waals surface area contributed by atoms with Gasteiger partial charge in [0.1, 0.15) is 0 Å². The molecule has 2 amide bonds. The van der Waals surface area contributed by atoms with Crippen molar-refractivity contribution in [1.29, 1.82) is 0 Å². The Labute approximate surface area is 130 Å². The number of rotatable bonds is 5. The van der Waals surface area contributed by atoms with E-state index in [2.05, 4.69) is 25.8 Å². The summed E-state index contributed by atoms with van der Waals surface area (Å²) >= 11 is 0. The first-order valence-corrected chi connectivity index (χ1v) is 7.99. The number of hydrogen-bond acceptors (Lipinski definition) is 3. The fraction of sp³-hybridized carbons (Fsp3) is 0.938. The van der Waals surface area contributed by atoms with Crippen molar-refractivity contribution >= 4 is 6.03 Å². The Kier molecular flexibility index (Phi) is 6.47. The Balaban J connectivity index is 2.61. The first-order valence-electron chi connectivity index (χ1n) is 7.99. The van der Waals surface area contributed by atoms with Gasteiger partial charge in [0.25, 0.3) is 0 Å². The van der Waals surface area contributed by atoms with Gasteiger partial charge in [0.05, 0.1) is 5.60 Å². The first-order chi connectivity index (χ1) is 9.72. The maximum Gasteiger partial charge on any atom is 0.319 e. The van der Waals surface area contributed by atoms with Crippen molar-refractivity contribution in [2.45, 2.75) is 58.2 Å². The third-order valence-corrected chi connectivity index (χ3v) is 4.87. The van der Waals surface area contributed by atoms with E-state index in [1.54, 1.807) is 12.0 Å². The molecule has 1 aliphatic heterocycles. The number of amides is 2. The molecule has 5 nitrogen and oxygen atoms in total. The van der Waals surface area contributed by atoms with Gasteiger partial charge >= 0.3 is 6.03 Å². The van der Waals surface area contributed by atoms with E-state index in [0.717, 1.165) is 32.5 Å². The molecule has 0 saturated carbocycles. The fourth-order valence-corrected chi connectivity index (χ4v) is 2.61. The van der Waals surface area contributed by atoms with Crippen molar-refractivity contribution in [3.05, 3.63) is 0 Å². The largest absolute Gasteiger partial charge is 0.377 e. The van der Waals surface area contributed by atoms with E-state index >= 15 is 0 Å². The molecule has 124 valence electrons. The lowest BCUT2D eigenvalue weighted by Crippen LogP contribution is -2.55. The number of urea groups is 1. The Morgan fingerprint density at radius 2 is 1.67 bits per heavy atom. The van der Waals surface area contributed by atoms with Gasteiger partial charge in [-0.1, -0.05) is 0 Å². The average Bonchev–Trinajstić information content (AvgIpc) is 2.46. The number of methoxy groups -OCH3 is 1. The van der Waals surface area contributed by atoms with Crippen molar-refractivity contribution in [3.8, 4) is 0 Å². The highest BCUT2D eigenvalue weighted by Crippen LogP contribution is 2.27. The summed E-state index contributed by atoms with van der Waals surface area (Å²) in [4.78, 5) is 18.4. The summed E-state index contributed by atoms with van der Waals surface area (Å²) in [6.07, 6.45) is 1.80. The van der Waals surface area contributed by atoms with E-state index in [9.17, 15) is 4.79 Å². The molecule has 0 aromatic heterocycles. The summed E-state index contributed by atoms with van der Waals surface area (Å²) in [7, 11) is 5.80. The summed E-state index contributed by atoms with van der Waals surface area (Å²) in [5.74, 6) is 0. The zero-order valence-corrected chi connectivity index (χ0v) is 14.8. The second kappa shape index (κ2) is 7.45. The molecule has 0 aliphatic carbocycles. The molecule has 21 heavy (non-hydrogen) atoms. The standard InChI is InChI=1S/C16H33N3O2/c1-13(2)17(5)12-16(21-7)8-10-19(11-9-16)15(20)18(6)14(3)4/h13-14H,8-12H2,1-7H3. The maximum absolute atomic E-state index is 12.4. The molecule has 1 saturated heterocycles. The molecule has 0 spiro atoms. The summed E-state index contributed by atoms with van der Waals surface area (Å²) in [5, 5.41) is 0. The maximum atomic E-state index is 12.4. The van der Waals surface area contributed by atoms with Crippen LogP contribution in [-0.2, 0) is 4.74 Å². The molecule has 0 unspecified atom stereocenters. The van der Waals surface area contributed by atoms with Crippen molar-refractivity contribution < 1.29 is 9.53 Å². The molecule has 0 N–H and O–H groups in total. The fourth-order valence-electron chi connectivity index (χ4n) is 2.61. The monoisotopic (exact) mass is 299 g/mol. The van der Waals surface area contributed by atoms with Crippen LogP contribution in [0.25, 0.3) is 0 Å². The van der Waals surface area contributed by atoms with Gasteiger partial charge in [-0.3, -0.25) is 0 Å². The summed E-state index contributed by atoms with van der Waals surface area (Å²) < 4.78 is 5.84. The molecule has 0 atom stereocenters. The summed E-state index contributed by atoms with van der Waals surface area (Å²) in [6, 6.07) is 0.870. The first kappa shape index (κ1) is 18.2. The second-order valence-corrected chi connectivity index (χ2v) is 6.87. The summed E-state index contributed by atoms with van der Waals surface area (Å²) in [5.41, 5.74) is -0.119. The molecule has 1 rings (SSSR count). The van der Waals surface area contributed by atoms with E-state index in [1.165, 1.54) is 0 Å². The van der Waals surface area contributed by atoms with Gasteiger partial charge in [-0.25, -0.2) is 4.79 Å². The molecule has 1 heterocycles. The highest BCUT2D eigenvalue weighted by molar-refractivity contribution is 5.74. The lowest BCUT2D eigenvalue weighted by molar-refractivity contribution is -0.0722. The van der Waals surface area contributed by atoms with Crippen molar-refractivity contribution in [1.82, 2.24) is 14.7 Å². The third-order valence-electron chi connectivity index (χ3n) is 4.87. The molecular weight excluding hydrogens is 266 g/mol. The Morgan fingerprint density at radius 3 is 2.05 bits per heavy atom. The molecule has 0 radical (unpaired) electrons. The van der Waals surface area contributed by atoms with E-state index in [0.29, 0.717) is 6.04 Å². The van der Waals surface area contributed by atoms with Gasteiger partial charge in [0, 0.05) is 45.9 Å². The van der Waals surface area contributed by atoms with Crippen LogP contribution in [0.15, 0.2) is 0 Å². The number of ether oxygens (including phenoxy) is 1. The van der Waals surface area contributed by atoms with Crippen LogP contribution >= 0.6 is 0 Å². The number of carbonyl (C=O) groups excluding carboxylic acids is 1. The van der Waals surface area contributed by atoms with Crippen LogP contribution in [0.5, 0.6) is 0 Å². The van der Waals surface area contributed by atoms with Crippen LogP contribution in [0.3, 0.4) is 0 Å². The highest BCUT2D eigenvalue weighted by Gasteiger charge is 2.38. The number of carbonyl (C=O) groups is 1. The van der Waals surface area contributed by atoms with E-state index < -0.39 is 0 Å². The van der Waals surface area contributed by atoms with Gasteiger partial charge in [0.15, 0.2) is 0 Å². The average molecular weight is 299 g/mol. The lowest BCUT2D eigenvalue weighted by atomic mass is 9.90. The topological polar surface area (TPSA) is 36.0 Å². The van der Waals surface area contributed by atoms with Crippen LogP contribution in [-0.4, -0.2) is 79.3 Å². The van der Waals surface area contributed by atoms with Crippen molar-refractivity contribution in [3.63, 3.8) is 0 Å². The Hall–Kier alpha value is -0.810. The quantitative estimate of drug-likeness (QED) is 0.781. The zero-order chi connectivity index (χ0) is 16.2. The number of likely N-dealkylation sites (tertiary alicyclic amines) is 1. The molecule has 0 aromatic carbocycles. The molecule has 0 aromatic rings. The van der Waals surface area contributed by atoms with Crippen molar-refractivity contribution in [2.75, 3.05) is 40.8 Å². The van der Waals surface area contributed by atoms with Crippen LogP contribution in [0, 0.1) is 0 Å². The van der Waals surface area contributed by atoms with Crippen LogP contribution < -0.4 is 0 Å². The minimum atomic E-state index is -0.119. The van der Waals surface area contributed by atoms with E-state index in [4.69, 9.17) is 4.74 Å². The third kappa shape index (κ3) is 4.58.